The van der Waals surface area contributed by atoms with Crippen LogP contribution in [0.3, 0.4) is 0 Å². The molecule has 6 rings (SSSR count). The molecule has 30 heavy (non-hydrogen) atoms. The average Bonchev–Trinajstić information content (AvgIpc) is 3.46. The quantitative estimate of drug-likeness (QED) is 0.563. The number of nitrogens with zero attached hydrogens (tertiary/aromatic N) is 3. The minimum atomic E-state index is 0.0266. The molecule has 2 saturated carbocycles. The van der Waals surface area contributed by atoms with Crippen LogP contribution in [-0.2, 0) is 14.3 Å². The Morgan fingerprint density at radius 2 is 2.03 bits per heavy atom. The molecule has 162 valence electrons. The van der Waals surface area contributed by atoms with E-state index < -0.39 is 0 Å². The molecule has 1 spiro atoms. The molecule has 5 fully saturated rings. The van der Waals surface area contributed by atoms with Crippen LogP contribution in [0.2, 0.25) is 0 Å². The summed E-state index contributed by atoms with van der Waals surface area (Å²) in [5.74, 6) is 2.08. The third kappa shape index (κ3) is 3.06. The summed E-state index contributed by atoms with van der Waals surface area (Å²) in [6, 6.07) is 6.08. The molecule has 0 amide bonds. The maximum atomic E-state index is 12.9. The minimum absolute atomic E-state index is 0.0266. The fourth-order valence-corrected chi connectivity index (χ4v) is 7.14. The number of aromatic nitrogens is 1. The first-order valence-corrected chi connectivity index (χ1v) is 11.8. The largest absolute Gasteiger partial charge is 0.462 e. The predicted octanol–water partition coefficient (Wildman–Crippen LogP) is 2.73. The standard InChI is InChI=1S/C24H33N3O3/c1-23-6-4-7-24(16-29-24)20(23)13-17-18(22(28)30-19(17)14-23)15-26-9-11-27(12-10-26)21-5-2-3-8-25-21/h2-3,5,8,17-20H,4,6-7,9-16H2,1H3/t17-,18+,19-,20+,23-,24+/m1/s1. The Morgan fingerprint density at radius 3 is 2.77 bits per heavy atom. The Bertz CT molecular complexity index is 805. The second-order valence-electron chi connectivity index (χ2n) is 10.6. The lowest BCUT2D eigenvalue weighted by Gasteiger charge is -2.51. The topological polar surface area (TPSA) is 58.2 Å². The van der Waals surface area contributed by atoms with Crippen LogP contribution >= 0.6 is 0 Å². The highest BCUT2D eigenvalue weighted by Gasteiger charge is 2.65. The Kier molecular flexibility index (Phi) is 4.40. The number of ether oxygens (including phenoxy) is 2. The van der Waals surface area contributed by atoms with E-state index in [1.165, 1.54) is 19.3 Å². The number of hydrogen-bond donors (Lipinski definition) is 0. The number of rotatable bonds is 3. The zero-order chi connectivity index (χ0) is 20.3. The van der Waals surface area contributed by atoms with Gasteiger partial charge < -0.3 is 14.4 Å². The molecule has 0 radical (unpaired) electrons. The first-order valence-electron chi connectivity index (χ1n) is 11.8. The molecule has 3 saturated heterocycles. The van der Waals surface area contributed by atoms with Crippen molar-refractivity contribution in [2.45, 2.75) is 50.7 Å². The van der Waals surface area contributed by atoms with E-state index in [0.717, 1.165) is 58.0 Å². The van der Waals surface area contributed by atoms with Crippen LogP contribution in [0.1, 0.15) is 39.0 Å². The third-order valence-corrected chi connectivity index (χ3v) is 8.88. The molecule has 6 heteroatoms. The molecule has 0 aromatic carbocycles. The lowest BCUT2D eigenvalue weighted by atomic mass is 9.53. The smallest absolute Gasteiger partial charge is 0.310 e. The lowest BCUT2D eigenvalue weighted by Crippen LogP contribution is -2.52. The second kappa shape index (κ2) is 6.92. The molecule has 0 unspecified atom stereocenters. The van der Waals surface area contributed by atoms with E-state index in [2.05, 4.69) is 27.8 Å². The monoisotopic (exact) mass is 411 g/mol. The SMILES string of the molecule is C[C@]12CCC[C@]3(CO3)[C@H]1C[C@@H]1[C@H](CN3CCN(c4ccccn4)CC3)C(=O)O[C@@H]1C2. The highest BCUT2D eigenvalue weighted by molar-refractivity contribution is 5.75. The molecule has 2 aliphatic carbocycles. The van der Waals surface area contributed by atoms with Gasteiger partial charge in [-0.25, -0.2) is 4.98 Å². The molecular weight excluding hydrogens is 378 g/mol. The van der Waals surface area contributed by atoms with Crippen LogP contribution in [0.5, 0.6) is 0 Å². The van der Waals surface area contributed by atoms with Gasteiger partial charge in [-0.3, -0.25) is 9.69 Å². The number of epoxide rings is 1. The van der Waals surface area contributed by atoms with Gasteiger partial charge in [0.15, 0.2) is 0 Å². The van der Waals surface area contributed by atoms with Gasteiger partial charge in [0.25, 0.3) is 0 Å². The van der Waals surface area contributed by atoms with Crippen LogP contribution in [0.15, 0.2) is 24.4 Å². The van der Waals surface area contributed by atoms with E-state index in [9.17, 15) is 4.79 Å². The van der Waals surface area contributed by atoms with Crippen LogP contribution in [0.25, 0.3) is 0 Å². The number of carbonyl (C=O) groups excluding carboxylic acids is 1. The van der Waals surface area contributed by atoms with Gasteiger partial charge in [0.2, 0.25) is 0 Å². The molecular formula is C24H33N3O3. The van der Waals surface area contributed by atoms with E-state index in [1.54, 1.807) is 0 Å². The highest BCUT2D eigenvalue weighted by atomic mass is 16.6. The number of carbonyl (C=O) groups is 1. The van der Waals surface area contributed by atoms with E-state index in [4.69, 9.17) is 9.47 Å². The number of hydrogen-bond acceptors (Lipinski definition) is 6. The number of piperazine rings is 1. The van der Waals surface area contributed by atoms with Gasteiger partial charge in [-0.05, 0) is 55.6 Å². The highest BCUT2D eigenvalue weighted by Crippen LogP contribution is 2.62. The molecule has 4 heterocycles. The van der Waals surface area contributed by atoms with Gasteiger partial charge in [-0.1, -0.05) is 13.0 Å². The number of fused-ring (bicyclic) bond motifs is 3. The Labute approximate surface area is 178 Å². The Balaban J connectivity index is 1.12. The fourth-order valence-electron chi connectivity index (χ4n) is 7.14. The normalized spacial score (nSPS) is 43.2. The number of pyridine rings is 1. The average molecular weight is 412 g/mol. The maximum absolute atomic E-state index is 12.9. The molecule has 0 bridgehead atoms. The number of esters is 1. The van der Waals surface area contributed by atoms with Crippen molar-refractivity contribution in [3.63, 3.8) is 0 Å². The second-order valence-corrected chi connectivity index (χ2v) is 10.6. The fraction of sp³-hybridized carbons (Fsp3) is 0.750. The van der Waals surface area contributed by atoms with Crippen LogP contribution in [-0.4, -0.2) is 66.9 Å². The summed E-state index contributed by atoms with van der Waals surface area (Å²) in [7, 11) is 0. The van der Waals surface area contributed by atoms with E-state index in [1.807, 2.05) is 18.3 Å². The van der Waals surface area contributed by atoms with Crippen molar-refractivity contribution in [3.05, 3.63) is 24.4 Å². The van der Waals surface area contributed by atoms with Crippen molar-refractivity contribution in [2.75, 3.05) is 44.2 Å². The molecule has 3 aliphatic heterocycles. The summed E-state index contributed by atoms with van der Waals surface area (Å²) in [5, 5.41) is 0. The molecule has 1 aromatic heterocycles. The van der Waals surface area contributed by atoms with E-state index in [0.29, 0.717) is 11.8 Å². The molecule has 5 aliphatic rings. The summed E-state index contributed by atoms with van der Waals surface area (Å²) in [6.07, 6.45) is 7.82. The molecule has 0 N–H and O–H groups in total. The molecule has 1 aromatic rings. The van der Waals surface area contributed by atoms with Crippen molar-refractivity contribution in [1.82, 2.24) is 9.88 Å². The summed E-state index contributed by atoms with van der Waals surface area (Å²) < 4.78 is 12.0. The van der Waals surface area contributed by atoms with Gasteiger partial charge in [-0.2, -0.15) is 0 Å². The number of anilines is 1. The van der Waals surface area contributed by atoms with Crippen LogP contribution in [0.4, 0.5) is 5.82 Å². The van der Waals surface area contributed by atoms with Gasteiger partial charge in [0.1, 0.15) is 11.9 Å². The van der Waals surface area contributed by atoms with Crippen molar-refractivity contribution >= 4 is 11.8 Å². The predicted molar refractivity (Wildman–Crippen MR) is 113 cm³/mol. The van der Waals surface area contributed by atoms with E-state index >= 15 is 0 Å². The van der Waals surface area contributed by atoms with Gasteiger partial charge >= 0.3 is 5.97 Å². The lowest BCUT2D eigenvalue weighted by molar-refractivity contribution is -0.147. The zero-order valence-electron chi connectivity index (χ0n) is 18.0. The summed E-state index contributed by atoms with van der Waals surface area (Å²) in [4.78, 5) is 22.2. The Morgan fingerprint density at radius 1 is 1.20 bits per heavy atom. The molecule has 6 atom stereocenters. The first kappa shape index (κ1) is 19.1. The van der Waals surface area contributed by atoms with Crippen LogP contribution < -0.4 is 4.90 Å². The van der Waals surface area contributed by atoms with Crippen molar-refractivity contribution < 1.29 is 14.3 Å². The summed E-state index contributed by atoms with van der Waals surface area (Å²) in [6.45, 7) is 8.08. The zero-order valence-corrected chi connectivity index (χ0v) is 18.0. The third-order valence-electron chi connectivity index (χ3n) is 8.88. The summed E-state index contributed by atoms with van der Waals surface area (Å²) >= 11 is 0. The van der Waals surface area contributed by atoms with Crippen molar-refractivity contribution in [1.29, 1.82) is 0 Å². The maximum Gasteiger partial charge on any atom is 0.310 e. The van der Waals surface area contributed by atoms with E-state index in [-0.39, 0.29) is 29.0 Å². The van der Waals surface area contributed by atoms with Crippen molar-refractivity contribution in [3.8, 4) is 0 Å². The first-order chi connectivity index (χ1) is 14.6. The summed E-state index contributed by atoms with van der Waals surface area (Å²) in [5.41, 5.74) is 0.405. The Hall–Kier alpha value is -1.66. The van der Waals surface area contributed by atoms with Gasteiger partial charge in [0.05, 0.1) is 18.1 Å². The minimum Gasteiger partial charge on any atom is -0.462 e. The van der Waals surface area contributed by atoms with Gasteiger partial charge in [-0.15, -0.1) is 0 Å². The van der Waals surface area contributed by atoms with Crippen molar-refractivity contribution in [2.24, 2.45) is 23.2 Å². The van der Waals surface area contributed by atoms with Gasteiger partial charge in [0, 0.05) is 44.8 Å². The molecule has 6 nitrogen and oxygen atoms in total. The van der Waals surface area contributed by atoms with Crippen LogP contribution in [0, 0.1) is 23.2 Å².